The highest BCUT2D eigenvalue weighted by Crippen LogP contribution is 2.18. The Bertz CT molecular complexity index is 295. The number of alkyl halides is 2. The monoisotopic (exact) mass is 318 g/mol. The summed E-state index contributed by atoms with van der Waals surface area (Å²) in [5.41, 5.74) is 0. The molecule has 0 bridgehead atoms. The highest BCUT2D eigenvalue weighted by atomic mass is 35.5. The van der Waals surface area contributed by atoms with Gasteiger partial charge in [-0.25, -0.2) is 0 Å². The van der Waals surface area contributed by atoms with E-state index in [0.29, 0.717) is 0 Å². The second-order valence-electron chi connectivity index (χ2n) is 4.67. The van der Waals surface area contributed by atoms with Gasteiger partial charge in [-0.1, -0.05) is 0 Å². The summed E-state index contributed by atoms with van der Waals surface area (Å²) in [6.07, 6.45) is 6.44. The second-order valence-corrected chi connectivity index (χ2v) is 5.42. The molecule has 0 saturated carbocycles. The summed E-state index contributed by atoms with van der Waals surface area (Å²) in [7, 11) is 0. The molecule has 1 rings (SSSR count). The van der Waals surface area contributed by atoms with Crippen LogP contribution in [-0.4, -0.2) is 25.0 Å². The lowest BCUT2D eigenvalue weighted by Crippen LogP contribution is -1.99. The van der Waals surface area contributed by atoms with E-state index in [4.69, 9.17) is 32.7 Å². The van der Waals surface area contributed by atoms with Gasteiger partial charge in [-0.3, -0.25) is 0 Å². The van der Waals surface area contributed by atoms with Crippen molar-refractivity contribution in [1.82, 2.24) is 0 Å². The first-order valence-electron chi connectivity index (χ1n) is 7.34. The average molecular weight is 319 g/mol. The van der Waals surface area contributed by atoms with Crippen LogP contribution in [0.5, 0.6) is 11.5 Å². The molecule has 0 radical (unpaired) electrons. The Labute approximate surface area is 132 Å². The van der Waals surface area contributed by atoms with E-state index in [1.807, 2.05) is 24.3 Å². The molecule has 0 atom stereocenters. The zero-order chi connectivity index (χ0) is 14.5. The van der Waals surface area contributed by atoms with Crippen LogP contribution in [0.15, 0.2) is 24.3 Å². The molecular weight excluding hydrogens is 295 g/mol. The SMILES string of the molecule is ClCCCCCOc1ccc(OCCCCCCl)cc1. The van der Waals surface area contributed by atoms with Gasteiger partial charge in [0.15, 0.2) is 0 Å². The maximum absolute atomic E-state index is 5.65. The normalized spacial score (nSPS) is 10.5. The van der Waals surface area contributed by atoms with Gasteiger partial charge in [0.2, 0.25) is 0 Å². The maximum atomic E-state index is 5.65. The molecule has 0 heterocycles. The summed E-state index contributed by atoms with van der Waals surface area (Å²) < 4.78 is 11.3. The van der Waals surface area contributed by atoms with Gasteiger partial charge in [0, 0.05) is 11.8 Å². The topological polar surface area (TPSA) is 18.5 Å². The quantitative estimate of drug-likeness (QED) is 0.386. The van der Waals surface area contributed by atoms with E-state index in [9.17, 15) is 0 Å². The molecule has 0 N–H and O–H groups in total. The van der Waals surface area contributed by atoms with Gasteiger partial charge in [0.25, 0.3) is 0 Å². The molecule has 0 aromatic heterocycles. The van der Waals surface area contributed by atoms with E-state index < -0.39 is 0 Å². The first-order chi connectivity index (χ1) is 9.86. The standard InChI is InChI=1S/C16H24Cl2O2/c17-11-3-1-5-13-19-15-7-9-16(10-8-15)20-14-6-2-4-12-18/h7-10H,1-6,11-14H2. The fourth-order valence-electron chi connectivity index (χ4n) is 1.76. The highest BCUT2D eigenvalue weighted by molar-refractivity contribution is 6.18. The summed E-state index contributed by atoms with van der Waals surface area (Å²) >= 11 is 11.2. The summed E-state index contributed by atoms with van der Waals surface area (Å²) in [5, 5.41) is 0. The van der Waals surface area contributed by atoms with Crippen LogP contribution in [0.2, 0.25) is 0 Å². The molecular formula is C16H24Cl2O2. The summed E-state index contributed by atoms with van der Waals surface area (Å²) in [4.78, 5) is 0. The van der Waals surface area contributed by atoms with Crippen molar-refractivity contribution in [2.75, 3.05) is 25.0 Å². The summed E-state index contributed by atoms with van der Waals surface area (Å²) in [6, 6.07) is 7.82. The predicted octanol–water partition coefficient (Wildman–Crippen LogP) is 5.26. The van der Waals surface area contributed by atoms with Crippen molar-refractivity contribution in [3.05, 3.63) is 24.3 Å². The van der Waals surface area contributed by atoms with Gasteiger partial charge < -0.3 is 9.47 Å². The Morgan fingerprint density at radius 2 is 1.00 bits per heavy atom. The number of benzene rings is 1. The van der Waals surface area contributed by atoms with Gasteiger partial charge in [0.05, 0.1) is 13.2 Å². The highest BCUT2D eigenvalue weighted by Gasteiger charge is 1.97. The van der Waals surface area contributed by atoms with Crippen LogP contribution >= 0.6 is 23.2 Å². The molecule has 0 fully saturated rings. The number of ether oxygens (including phenoxy) is 2. The van der Waals surface area contributed by atoms with Crippen LogP contribution in [0, 0.1) is 0 Å². The molecule has 0 saturated heterocycles. The van der Waals surface area contributed by atoms with Crippen LogP contribution < -0.4 is 9.47 Å². The Kier molecular flexibility index (Phi) is 10.6. The van der Waals surface area contributed by atoms with Crippen molar-refractivity contribution in [2.45, 2.75) is 38.5 Å². The fraction of sp³-hybridized carbons (Fsp3) is 0.625. The molecule has 1 aromatic rings. The summed E-state index contributed by atoms with van der Waals surface area (Å²) in [6.45, 7) is 1.49. The second kappa shape index (κ2) is 12.2. The van der Waals surface area contributed by atoms with Crippen molar-refractivity contribution < 1.29 is 9.47 Å². The van der Waals surface area contributed by atoms with Gasteiger partial charge in [-0.05, 0) is 62.8 Å². The van der Waals surface area contributed by atoms with E-state index in [1.165, 1.54) is 0 Å². The molecule has 1 aromatic carbocycles. The lowest BCUT2D eigenvalue weighted by Gasteiger charge is -2.08. The Balaban J connectivity index is 2.13. The smallest absolute Gasteiger partial charge is 0.119 e. The van der Waals surface area contributed by atoms with Crippen molar-refractivity contribution in [3.63, 3.8) is 0 Å². The molecule has 20 heavy (non-hydrogen) atoms. The van der Waals surface area contributed by atoms with Crippen LogP contribution in [0.25, 0.3) is 0 Å². The molecule has 0 aliphatic rings. The lowest BCUT2D eigenvalue weighted by atomic mass is 10.2. The molecule has 0 spiro atoms. The van der Waals surface area contributed by atoms with Gasteiger partial charge >= 0.3 is 0 Å². The average Bonchev–Trinajstić information content (AvgIpc) is 2.48. The van der Waals surface area contributed by atoms with E-state index in [2.05, 4.69) is 0 Å². The minimum atomic E-state index is 0.733. The molecule has 0 unspecified atom stereocenters. The van der Waals surface area contributed by atoms with Gasteiger partial charge in [0.1, 0.15) is 11.5 Å². The Morgan fingerprint density at radius 3 is 1.35 bits per heavy atom. The predicted molar refractivity (Wildman–Crippen MR) is 86.6 cm³/mol. The Hall–Kier alpha value is -0.600. The maximum Gasteiger partial charge on any atom is 0.119 e. The third-order valence-corrected chi connectivity index (χ3v) is 3.45. The van der Waals surface area contributed by atoms with Crippen molar-refractivity contribution in [3.8, 4) is 11.5 Å². The zero-order valence-corrected chi connectivity index (χ0v) is 13.5. The number of unbranched alkanes of at least 4 members (excludes halogenated alkanes) is 4. The van der Waals surface area contributed by atoms with Crippen LogP contribution in [0.1, 0.15) is 38.5 Å². The van der Waals surface area contributed by atoms with Crippen LogP contribution in [-0.2, 0) is 0 Å². The van der Waals surface area contributed by atoms with E-state index in [-0.39, 0.29) is 0 Å². The van der Waals surface area contributed by atoms with Crippen LogP contribution in [0.3, 0.4) is 0 Å². The Morgan fingerprint density at radius 1 is 0.600 bits per heavy atom. The molecule has 2 nitrogen and oxygen atoms in total. The molecule has 0 aliphatic heterocycles. The zero-order valence-electron chi connectivity index (χ0n) is 12.0. The molecule has 114 valence electrons. The van der Waals surface area contributed by atoms with Crippen molar-refractivity contribution in [1.29, 1.82) is 0 Å². The van der Waals surface area contributed by atoms with Crippen molar-refractivity contribution >= 4 is 23.2 Å². The first-order valence-corrected chi connectivity index (χ1v) is 8.41. The van der Waals surface area contributed by atoms with E-state index in [0.717, 1.165) is 75.0 Å². The number of rotatable bonds is 12. The summed E-state index contributed by atoms with van der Waals surface area (Å²) in [5.74, 6) is 3.25. The van der Waals surface area contributed by atoms with Crippen molar-refractivity contribution in [2.24, 2.45) is 0 Å². The third kappa shape index (κ3) is 8.55. The number of hydrogen-bond acceptors (Lipinski definition) is 2. The molecule has 0 amide bonds. The van der Waals surface area contributed by atoms with Crippen LogP contribution in [0.4, 0.5) is 0 Å². The number of hydrogen-bond donors (Lipinski definition) is 0. The fourth-order valence-corrected chi connectivity index (χ4v) is 2.14. The molecule has 4 heteroatoms. The lowest BCUT2D eigenvalue weighted by molar-refractivity contribution is 0.298. The minimum Gasteiger partial charge on any atom is -0.494 e. The van der Waals surface area contributed by atoms with Gasteiger partial charge in [-0.2, -0.15) is 0 Å². The minimum absolute atomic E-state index is 0.733. The largest absolute Gasteiger partial charge is 0.494 e. The van der Waals surface area contributed by atoms with E-state index in [1.54, 1.807) is 0 Å². The third-order valence-electron chi connectivity index (χ3n) is 2.92. The van der Waals surface area contributed by atoms with E-state index >= 15 is 0 Å². The molecule has 0 aliphatic carbocycles. The van der Waals surface area contributed by atoms with Gasteiger partial charge in [-0.15, -0.1) is 23.2 Å². The first kappa shape index (κ1) is 17.5. The number of halogens is 2.